The number of fused-ring (bicyclic) bond motifs is 1. The van der Waals surface area contributed by atoms with Crippen molar-refractivity contribution in [1.82, 2.24) is 14.4 Å². The van der Waals surface area contributed by atoms with Crippen LogP contribution in [-0.4, -0.2) is 32.7 Å². The molecule has 1 aliphatic rings. The molecule has 3 aromatic rings. The molecule has 0 atom stereocenters. The van der Waals surface area contributed by atoms with Crippen molar-refractivity contribution in [2.75, 3.05) is 12.5 Å². The highest BCUT2D eigenvalue weighted by Crippen LogP contribution is 2.35. The Hall–Kier alpha value is -2.32. The third-order valence-corrected chi connectivity index (χ3v) is 5.00. The van der Waals surface area contributed by atoms with Crippen LogP contribution >= 0.6 is 27.9 Å². The van der Waals surface area contributed by atoms with Crippen LogP contribution in [0.2, 0.25) is 0 Å². The SMILES string of the molecule is O=C(CSn1cc(-c2ccc3c(c2)OCO3)nn1)c1ccc(Br)cc1. The van der Waals surface area contributed by atoms with Gasteiger partial charge in [0.2, 0.25) is 6.79 Å². The molecule has 0 N–H and O–H groups in total. The van der Waals surface area contributed by atoms with Crippen LogP contribution in [0.4, 0.5) is 0 Å². The summed E-state index contributed by atoms with van der Waals surface area (Å²) in [6.45, 7) is 0.236. The molecule has 0 amide bonds. The molecule has 6 nitrogen and oxygen atoms in total. The maximum Gasteiger partial charge on any atom is 0.231 e. The van der Waals surface area contributed by atoms with E-state index in [1.165, 1.54) is 11.9 Å². The summed E-state index contributed by atoms with van der Waals surface area (Å²) in [6.07, 6.45) is 1.79. The number of ketones is 1. The summed E-state index contributed by atoms with van der Waals surface area (Å²) < 4.78 is 13.2. The smallest absolute Gasteiger partial charge is 0.231 e. The van der Waals surface area contributed by atoms with Gasteiger partial charge in [-0.25, -0.2) is 0 Å². The van der Waals surface area contributed by atoms with Crippen LogP contribution in [0.15, 0.2) is 53.1 Å². The minimum Gasteiger partial charge on any atom is -0.454 e. The summed E-state index contributed by atoms with van der Waals surface area (Å²) in [6, 6.07) is 12.9. The van der Waals surface area contributed by atoms with Gasteiger partial charge in [0.05, 0.1) is 11.9 Å². The first-order valence-electron chi connectivity index (χ1n) is 7.43. The highest BCUT2D eigenvalue weighted by Gasteiger charge is 2.15. The first-order chi connectivity index (χ1) is 12.2. The van der Waals surface area contributed by atoms with Crippen LogP contribution in [-0.2, 0) is 0 Å². The van der Waals surface area contributed by atoms with Gasteiger partial charge in [0.15, 0.2) is 17.3 Å². The molecule has 1 aliphatic heterocycles. The Bertz CT molecular complexity index is 927. The molecule has 0 aliphatic carbocycles. The summed E-state index contributed by atoms with van der Waals surface area (Å²) in [5, 5.41) is 8.22. The van der Waals surface area contributed by atoms with Gasteiger partial charge in [0.1, 0.15) is 5.69 Å². The first-order valence-corrected chi connectivity index (χ1v) is 9.17. The van der Waals surface area contributed by atoms with Crippen molar-refractivity contribution in [3.05, 3.63) is 58.7 Å². The topological polar surface area (TPSA) is 66.2 Å². The molecular formula is C17H12BrN3O3S. The van der Waals surface area contributed by atoms with E-state index in [0.717, 1.165) is 15.8 Å². The van der Waals surface area contributed by atoms with Crippen molar-refractivity contribution < 1.29 is 14.3 Å². The van der Waals surface area contributed by atoms with Gasteiger partial charge in [-0.3, -0.25) is 4.79 Å². The number of nitrogens with zero attached hydrogens (tertiary/aromatic N) is 3. The number of halogens is 1. The molecule has 0 unspecified atom stereocenters. The highest BCUT2D eigenvalue weighted by atomic mass is 79.9. The Balaban J connectivity index is 1.43. The second-order valence-corrected chi connectivity index (χ2v) is 7.11. The van der Waals surface area contributed by atoms with Gasteiger partial charge in [-0.15, -0.1) is 5.10 Å². The fourth-order valence-electron chi connectivity index (χ4n) is 2.34. The van der Waals surface area contributed by atoms with Gasteiger partial charge in [0, 0.05) is 15.6 Å². The van der Waals surface area contributed by atoms with E-state index in [1.807, 2.05) is 30.3 Å². The second kappa shape index (κ2) is 6.89. The van der Waals surface area contributed by atoms with Crippen molar-refractivity contribution in [3.63, 3.8) is 0 Å². The molecule has 4 rings (SSSR count). The lowest BCUT2D eigenvalue weighted by atomic mass is 10.1. The van der Waals surface area contributed by atoms with Crippen molar-refractivity contribution in [3.8, 4) is 22.8 Å². The molecule has 0 bridgehead atoms. The molecule has 25 heavy (non-hydrogen) atoms. The molecule has 126 valence electrons. The van der Waals surface area contributed by atoms with E-state index in [4.69, 9.17) is 9.47 Å². The Kier molecular flexibility index (Phi) is 4.46. The molecule has 0 radical (unpaired) electrons. The van der Waals surface area contributed by atoms with Gasteiger partial charge in [-0.05, 0) is 42.3 Å². The number of carbonyl (C=O) groups is 1. The molecule has 8 heteroatoms. The molecule has 0 saturated heterocycles. The summed E-state index contributed by atoms with van der Waals surface area (Å²) in [5.41, 5.74) is 2.27. The number of hydrogen-bond donors (Lipinski definition) is 0. The maximum atomic E-state index is 12.2. The molecule has 0 saturated carbocycles. The lowest BCUT2D eigenvalue weighted by Crippen LogP contribution is -2.04. The van der Waals surface area contributed by atoms with E-state index in [1.54, 1.807) is 22.4 Å². The second-order valence-electron chi connectivity index (χ2n) is 5.28. The van der Waals surface area contributed by atoms with E-state index in [-0.39, 0.29) is 18.3 Å². The van der Waals surface area contributed by atoms with E-state index < -0.39 is 0 Å². The standard InChI is InChI=1S/C17H12BrN3O3S/c18-13-4-1-11(2-5-13)15(22)9-25-21-8-14(19-20-21)12-3-6-16-17(7-12)24-10-23-16/h1-8H,9-10H2. The first kappa shape index (κ1) is 16.2. The van der Waals surface area contributed by atoms with Gasteiger partial charge in [-0.2, -0.15) is 4.09 Å². The average Bonchev–Trinajstić information content (AvgIpc) is 3.28. The number of ether oxygens (including phenoxy) is 2. The highest BCUT2D eigenvalue weighted by molar-refractivity contribution is 9.10. The van der Waals surface area contributed by atoms with Gasteiger partial charge in [-0.1, -0.05) is 33.3 Å². The van der Waals surface area contributed by atoms with Crippen LogP contribution in [0, 0.1) is 0 Å². The summed E-state index contributed by atoms with van der Waals surface area (Å²) >= 11 is 4.65. The predicted octanol–water partition coefficient (Wildman–Crippen LogP) is 3.82. The monoisotopic (exact) mass is 417 g/mol. The predicted molar refractivity (Wildman–Crippen MR) is 97.9 cm³/mol. The Labute approximate surface area is 156 Å². The summed E-state index contributed by atoms with van der Waals surface area (Å²) in [7, 11) is 0. The van der Waals surface area contributed by atoms with Crippen LogP contribution in [0.5, 0.6) is 11.5 Å². The number of benzene rings is 2. The molecule has 2 heterocycles. The van der Waals surface area contributed by atoms with Crippen LogP contribution < -0.4 is 9.47 Å². The van der Waals surface area contributed by atoms with Gasteiger partial charge < -0.3 is 9.47 Å². The largest absolute Gasteiger partial charge is 0.454 e. The van der Waals surface area contributed by atoms with Gasteiger partial charge in [0.25, 0.3) is 0 Å². The third kappa shape index (κ3) is 3.54. The Morgan fingerprint density at radius 1 is 1.16 bits per heavy atom. The lowest BCUT2D eigenvalue weighted by Gasteiger charge is -2.01. The third-order valence-electron chi connectivity index (χ3n) is 3.64. The molecular weight excluding hydrogens is 406 g/mol. The zero-order valence-electron chi connectivity index (χ0n) is 12.9. The number of carbonyl (C=O) groups excluding carboxylic acids is 1. The normalized spacial score (nSPS) is 12.4. The lowest BCUT2D eigenvalue weighted by molar-refractivity contribution is 0.102. The Morgan fingerprint density at radius 2 is 1.96 bits per heavy atom. The zero-order valence-corrected chi connectivity index (χ0v) is 15.3. The van der Waals surface area contributed by atoms with Crippen molar-refractivity contribution in [1.29, 1.82) is 0 Å². The Morgan fingerprint density at radius 3 is 2.80 bits per heavy atom. The minimum absolute atomic E-state index is 0.0395. The summed E-state index contributed by atoms with van der Waals surface area (Å²) in [4.78, 5) is 12.2. The van der Waals surface area contributed by atoms with Crippen LogP contribution in [0.25, 0.3) is 11.3 Å². The molecule has 0 spiro atoms. The van der Waals surface area contributed by atoms with Crippen molar-refractivity contribution in [2.45, 2.75) is 0 Å². The average molecular weight is 418 g/mol. The number of Topliss-reactive ketones (excluding diaryl/α,β-unsaturated/α-hetero) is 1. The maximum absolute atomic E-state index is 12.2. The van der Waals surface area contributed by atoms with E-state index in [0.29, 0.717) is 17.0 Å². The fourth-order valence-corrected chi connectivity index (χ4v) is 3.29. The van der Waals surface area contributed by atoms with Gasteiger partial charge >= 0.3 is 0 Å². The van der Waals surface area contributed by atoms with Crippen LogP contribution in [0.1, 0.15) is 10.4 Å². The van der Waals surface area contributed by atoms with Crippen LogP contribution in [0.3, 0.4) is 0 Å². The van der Waals surface area contributed by atoms with E-state index >= 15 is 0 Å². The number of rotatable bonds is 5. The van der Waals surface area contributed by atoms with E-state index in [9.17, 15) is 4.79 Å². The fraction of sp³-hybridized carbons (Fsp3) is 0.118. The zero-order chi connectivity index (χ0) is 17.2. The molecule has 1 aromatic heterocycles. The molecule has 0 fully saturated rings. The van der Waals surface area contributed by atoms with E-state index in [2.05, 4.69) is 26.2 Å². The quantitative estimate of drug-likeness (QED) is 0.587. The molecule has 2 aromatic carbocycles. The summed E-state index contributed by atoms with van der Waals surface area (Å²) in [5.74, 6) is 1.75. The van der Waals surface area contributed by atoms with Crippen molar-refractivity contribution in [2.24, 2.45) is 0 Å². The number of aromatic nitrogens is 3. The minimum atomic E-state index is 0.0395. The number of hydrogen-bond acceptors (Lipinski definition) is 6. The van der Waals surface area contributed by atoms with Crippen molar-refractivity contribution >= 4 is 33.7 Å².